The molecule has 0 saturated heterocycles. The Morgan fingerprint density at radius 2 is 1.73 bits per heavy atom. The van der Waals surface area contributed by atoms with Crippen molar-refractivity contribution in [2.75, 3.05) is 12.1 Å². The third kappa shape index (κ3) is 4.17. The van der Waals surface area contributed by atoms with Gasteiger partial charge in [0.2, 0.25) is 6.79 Å². The van der Waals surface area contributed by atoms with Crippen LogP contribution in [0, 0.1) is 10.1 Å². The van der Waals surface area contributed by atoms with Crippen LogP contribution < -0.4 is 20.1 Å². The first-order valence-electron chi connectivity index (χ1n) is 9.34. The van der Waals surface area contributed by atoms with E-state index < -0.39 is 4.92 Å². The molecule has 0 bridgehead atoms. The number of nitrogens with zero attached hydrogens (tertiary/aromatic N) is 1. The Bertz CT molecular complexity index is 1100. The summed E-state index contributed by atoms with van der Waals surface area (Å²) in [5.41, 5.74) is 2.52. The maximum absolute atomic E-state index is 12.7. The van der Waals surface area contributed by atoms with Gasteiger partial charge in [0.15, 0.2) is 11.5 Å². The van der Waals surface area contributed by atoms with Gasteiger partial charge in [0.05, 0.1) is 10.5 Å². The van der Waals surface area contributed by atoms with Gasteiger partial charge in [0.25, 0.3) is 11.6 Å². The van der Waals surface area contributed by atoms with Gasteiger partial charge in [-0.3, -0.25) is 14.9 Å². The van der Waals surface area contributed by atoms with Crippen molar-refractivity contribution in [3.8, 4) is 11.5 Å². The highest BCUT2D eigenvalue weighted by atomic mass is 16.7. The van der Waals surface area contributed by atoms with Crippen LogP contribution in [-0.4, -0.2) is 17.6 Å². The van der Waals surface area contributed by atoms with Gasteiger partial charge in [-0.05, 0) is 29.8 Å². The summed E-state index contributed by atoms with van der Waals surface area (Å²) in [6.07, 6.45) is 0. The number of hydrogen-bond acceptors (Lipinski definition) is 6. The normalized spacial score (nSPS) is 11.7. The fourth-order valence-corrected chi connectivity index (χ4v) is 3.19. The van der Waals surface area contributed by atoms with Crippen LogP contribution in [0.15, 0.2) is 66.7 Å². The zero-order chi connectivity index (χ0) is 20.9. The molecule has 1 amide bonds. The van der Waals surface area contributed by atoms with Crippen molar-refractivity contribution >= 4 is 17.3 Å². The summed E-state index contributed by atoms with van der Waals surface area (Å²) in [7, 11) is 0. The quantitative estimate of drug-likeness (QED) is 0.457. The zero-order valence-electron chi connectivity index (χ0n) is 16.0. The number of nitro benzene ring substituents is 1. The molecule has 3 aromatic carbocycles. The van der Waals surface area contributed by atoms with E-state index in [0.717, 1.165) is 5.56 Å². The first kappa shape index (κ1) is 19.3. The molecule has 1 aliphatic rings. The molecular weight excluding hydrogens is 386 g/mol. The Morgan fingerprint density at radius 3 is 2.60 bits per heavy atom. The largest absolute Gasteiger partial charge is 0.454 e. The Labute approximate surface area is 172 Å². The average molecular weight is 405 g/mol. The molecule has 0 aromatic heterocycles. The minimum atomic E-state index is -0.416. The van der Waals surface area contributed by atoms with E-state index in [0.29, 0.717) is 34.9 Å². The molecule has 1 aliphatic heterocycles. The van der Waals surface area contributed by atoms with Gasteiger partial charge in [-0.25, -0.2) is 0 Å². The molecule has 8 heteroatoms. The molecule has 0 spiro atoms. The Kier molecular flexibility index (Phi) is 5.47. The fraction of sp³-hybridized carbons (Fsp3) is 0.136. The van der Waals surface area contributed by atoms with E-state index >= 15 is 0 Å². The van der Waals surface area contributed by atoms with Crippen LogP contribution in [0.3, 0.4) is 0 Å². The van der Waals surface area contributed by atoms with E-state index in [1.54, 1.807) is 42.5 Å². The first-order valence-corrected chi connectivity index (χ1v) is 9.34. The van der Waals surface area contributed by atoms with Crippen LogP contribution in [0.2, 0.25) is 0 Å². The Balaban J connectivity index is 1.44. The second-order valence-electron chi connectivity index (χ2n) is 6.66. The highest BCUT2D eigenvalue weighted by Gasteiger charge is 2.16. The number of hydrogen-bond donors (Lipinski definition) is 2. The van der Waals surface area contributed by atoms with Crippen molar-refractivity contribution in [2.45, 2.75) is 13.1 Å². The van der Waals surface area contributed by atoms with Crippen LogP contribution in [0.1, 0.15) is 21.5 Å². The van der Waals surface area contributed by atoms with E-state index in [2.05, 4.69) is 10.6 Å². The highest BCUT2D eigenvalue weighted by Crippen LogP contribution is 2.32. The minimum Gasteiger partial charge on any atom is -0.454 e. The fourth-order valence-electron chi connectivity index (χ4n) is 3.19. The molecule has 1 heterocycles. The molecule has 8 nitrogen and oxygen atoms in total. The molecule has 0 unspecified atom stereocenters. The second kappa shape index (κ2) is 8.52. The topological polar surface area (TPSA) is 103 Å². The number of para-hydroxylation sites is 2. The Hall–Kier alpha value is -4.07. The van der Waals surface area contributed by atoms with Gasteiger partial charge >= 0.3 is 0 Å². The number of ether oxygens (including phenoxy) is 2. The smallest absolute Gasteiger partial charge is 0.274 e. The molecule has 30 heavy (non-hydrogen) atoms. The van der Waals surface area contributed by atoms with Crippen molar-refractivity contribution in [3.05, 3.63) is 93.5 Å². The van der Waals surface area contributed by atoms with Crippen molar-refractivity contribution in [2.24, 2.45) is 0 Å². The molecule has 2 N–H and O–H groups in total. The molecule has 0 aliphatic carbocycles. The number of benzene rings is 3. The minimum absolute atomic E-state index is 0.0368. The molecule has 0 radical (unpaired) electrons. The number of carbonyl (C=O) groups is 1. The van der Waals surface area contributed by atoms with Gasteiger partial charge < -0.3 is 20.1 Å². The summed E-state index contributed by atoms with van der Waals surface area (Å²) in [5.74, 6) is 1.10. The lowest BCUT2D eigenvalue weighted by Crippen LogP contribution is -2.24. The summed E-state index contributed by atoms with van der Waals surface area (Å²) < 4.78 is 10.6. The van der Waals surface area contributed by atoms with Gasteiger partial charge in [-0.2, -0.15) is 0 Å². The zero-order valence-corrected chi connectivity index (χ0v) is 16.0. The van der Waals surface area contributed by atoms with Crippen LogP contribution in [0.4, 0.5) is 11.4 Å². The third-order valence-electron chi connectivity index (χ3n) is 4.72. The number of rotatable bonds is 7. The van der Waals surface area contributed by atoms with E-state index in [-0.39, 0.29) is 24.9 Å². The predicted octanol–water partition coefficient (Wildman–Crippen LogP) is 3.87. The van der Waals surface area contributed by atoms with E-state index in [4.69, 9.17) is 9.47 Å². The first-order chi connectivity index (χ1) is 14.6. The van der Waals surface area contributed by atoms with Crippen LogP contribution >= 0.6 is 0 Å². The van der Waals surface area contributed by atoms with Crippen LogP contribution in [0.25, 0.3) is 0 Å². The van der Waals surface area contributed by atoms with Gasteiger partial charge in [0, 0.05) is 30.4 Å². The van der Waals surface area contributed by atoms with Crippen LogP contribution in [-0.2, 0) is 13.1 Å². The molecular formula is C22H19N3O5. The number of anilines is 1. The summed E-state index contributed by atoms with van der Waals surface area (Å²) in [4.78, 5) is 23.5. The molecule has 152 valence electrons. The van der Waals surface area contributed by atoms with Gasteiger partial charge in [-0.15, -0.1) is 0 Å². The standard InChI is InChI=1S/C22H19N3O5/c26-22(24-12-15-9-10-20-21(11-15)30-14-29-20)17-6-2-3-7-18(17)23-13-16-5-1-4-8-19(16)25(27)28/h1-11,23H,12-14H2,(H,24,26). The maximum atomic E-state index is 12.7. The van der Waals surface area contributed by atoms with Gasteiger partial charge in [0.1, 0.15) is 0 Å². The van der Waals surface area contributed by atoms with Crippen molar-refractivity contribution < 1.29 is 19.2 Å². The highest BCUT2D eigenvalue weighted by molar-refractivity contribution is 5.99. The predicted molar refractivity (Wildman–Crippen MR) is 111 cm³/mol. The number of carbonyl (C=O) groups excluding carboxylic acids is 1. The van der Waals surface area contributed by atoms with Crippen molar-refractivity contribution in [1.29, 1.82) is 0 Å². The number of nitrogens with one attached hydrogen (secondary N) is 2. The average Bonchev–Trinajstić information content (AvgIpc) is 3.24. The van der Waals surface area contributed by atoms with Crippen molar-refractivity contribution in [3.63, 3.8) is 0 Å². The lowest BCUT2D eigenvalue weighted by molar-refractivity contribution is -0.385. The molecule has 4 rings (SSSR count). The molecule has 0 atom stereocenters. The lowest BCUT2D eigenvalue weighted by atomic mass is 10.1. The van der Waals surface area contributed by atoms with Crippen LogP contribution in [0.5, 0.6) is 11.5 Å². The number of amides is 1. The second-order valence-corrected chi connectivity index (χ2v) is 6.66. The van der Waals surface area contributed by atoms with E-state index in [9.17, 15) is 14.9 Å². The summed E-state index contributed by atoms with van der Waals surface area (Å²) in [6, 6.07) is 19.1. The lowest BCUT2D eigenvalue weighted by Gasteiger charge is -2.13. The van der Waals surface area contributed by atoms with E-state index in [1.807, 2.05) is 18.2 Å². The molecule has 3 aromatic rings. The third-order valence-corrected chi connectivity index (χ3v) is 4.72. The van der Waals surface area contributed by atoms with Gasteiger partial charge in [-0.1, -0.05) is 36.4 Å². The van der Waals surface area contributed by atoms with Crippen molar-refractivity contribution in [1.82, 2.24) is 5.32 Å². The summed E-state index contributed by atoms with van der Waals surface area (Å²) in [5, 5.41) is 17.2. The monoisotopic (exact) mass is 405 g/mol. The number of fused-ring (bicyclic) bond motifs is 1. The summed E-state index contributed by atoms with van der Waals surface area (Å²) >= 11 is 0. The summed E-state index contributed by atoms with van der Waals surface area (Å²) in [6.45, 7) is 0.751. The maximum Gasteiger partial charge on any atom is 0.274 e. The Morgan fingerprint density at radius 1 is 0.967 bits per heavy atom. The molecule has 0 saturated carbocycles. The molecule has 0 fully saturated rings. The SMILES string of the molecule is O=C(NCc1ccc2c(c1)OCO2)c1ccccc1NCc1ccccc1[N+](=O)[O-]. The number of nitro groups is 1. The van der Waals surface area contributed by atoms with E-state index in [1.165, 1.54) is 6.07 Å².